The van der Waals surface area contributed by atoms with E-state index in [2.05, 4.69) is 15.9 Å². The third-order valence-corrected chi connectivity index (χ3v) is 2.47. The van der Waals surface area contributed by atoms with Crippen LogP contribution in [0.1, 0.15) is 10.4 Å². The summed E-state index contributed by atoms with van der Waals surface area (Å²) in [4.78, 5) is 20.6. The summed E-state index contributed by atoms with van der Waals surface area (Å²) in [6.07, 6.45) is -3.18. The number of nitrogens with zero attached hydrogens (tertiary/aromatic N) is 1. The topological polar surface area (TPSA) is 60.2 Å². The van der Waals surface area contributed by atoms with E-state index in [0.29, 0.717) is 0 Å². The molecule has 1 aromatic carbocycles. The molecule has 0 spiro atoms. The largest absolute Gasteiger partial charge is 0.300 e. The predicted octanol–water partition coefficient (Wildman–Crippen LogP) is 2.81. The normalized spacial score (nSPS) is 10.4. The van der Waals surface area contributed by atoms with Crippen molar-refractivity contribution in [3.63, 3.8) is 0 Å². The molecule has 0 aromatic heterocycles. The number of ketones is 1. The lowest BCUT2D eigenvalue weighted by molar-refractivity contribution is -0.385. The second kappa shape index (κ2) is 4.43. The Bertz CT molecular complexity index is 422. The van der Waals surface area contributed by atoms with E-state index in [1.54, 1.807) is 0 Å². The van der Waals surface area contributed by atoms with Crippen molar-refractivity contribution in [2.45, 2.75) is 6.43 Å². The Balaban J connectivity index is 3.27. The van der Waals surface area contributed by atoms with Gasteiger partial charge in [-0.25, -0.2) is 8.78 Å². The van der Waals surface area contributed by atoms with Gasteiger partial charge in [0.2, 0.25) is 5.78 Å². The van der Waals surface area contributed by atoms with E-state index in [4.69, 9.17) is 0 Å². The van der Waals surface area contributed by atoms with Crippen molar-refractivity contribution in [3.05, 3.63) is 38.3 Å². The minimum Gasteiger partial charge on any atom is -0.288 e. The molecule has 15 heavy (non-hydrogen) atoms. The highest BCUT2D eigenvalue weighted by Crippen LogP contribution is 2.29. The number of alkyl halides is 2. The predicted molar refractivity (Wildman–Crippen MR) is 51.1 cm³/mol. The highest BCUT2D eigenvalue weighted by Gasteiger charge is 2.24. The van der Waals surface area contributed by atoms with Crippen LogP contribution < -0.4 is 0 Å². The number of nitro benzene ring substituents is 1. The number of carbonyl (C=O) groups excluding carboxylic acids is 1. The van der Waals surface area contributed by atoms with Gasteiger partial charge in [0.1, 0.15) is 4.47 Å². The van der Waals surface area contributed by atoms with Crippen LogP contribution in [0.25, 0.3) is 0 Å². The SMILES string of the molecule is O=C(c1cccc([N+](=O)[O-])c1Br)C(F)F. The lowest BCUT2D eigenvalue weighted by Gasteiger charge is -2.02. The molecule has 0 aliphatic carbocycles. The molecule has 0 aliphatic rings. The molecule has 0 N–H and O–H groups in total. The van der Waals surface area contributed by atoms with Crippen LogP contribution in [-0.4, -0.2) is 17.1 Å². The van der Waals surface area contributed by atoms with E-state index in [9.17, 15) is 23.7 Å². The summed E-state index contributed by atoms with van der Waals surface area (Å²) >= 11 is 2.75. The highest BCUT2D eigenvalue weighted by molar-refractivity contribution is 9.10. The van der Waals surface area contributed by atoms with Gasteiger partial charge < -0.3 is 0 Å². The van der Waals surface area contributed by atoms with Gasteiger partial charge in [-0.2, -0.15) is 0 Å². The smallest absolute Gasteiger partial charge is 0.288 e. The highest BCUT2D eigenvalue weighted by atomic mass is 79.9. The molecule has 0 saturated heterocycles. The monoisotopic (exact) mass is 279 g/mol. The minimum absolute atomic E-state index is 0.222. The summed E-state index contributed by atoms with van der Waals surface area (Å²) in [5.41, 5.74) is -0.805. The fourth-order valence-corrected chi connectivity index (χ4v) is 1.57. The van der Waals surface area contributed by atoms with Crippen LogP contribution in [0.4, 0.5) is 14.5 Å². The van der Waals surface area contributed by atoms with Crippen molar-refractivity contribution in [3.8, 4) is 0 Å². The van der Waals surface area contributed by atoms with Crippen molar-refractivity contribution in [2.24, 2.45) is 0 Å². The Labute approximate surface area is 91.2 Å². The van der Waals surface area contributed by atoms with Gasteiger partial charge in [-0.15, -0.1) is 0 Å². The number of carbonyl (C=O) groups is 1. The van der Waals surface area contributed by atoms with Gasteiger partial charge in [-0.1, -0.05) is 6.07 Å². The first-order valence-electron chi connectivity index (χ1n) is 3.70. The fraction of sp³-hybridized carbons (Fsp3) is 0.125. The molecule has 0 radical (unpaired) electrons. The van der Waals surface area contributed by atoms with Crippen LogP contribution in [-0.2, 0) is 0 Å². The number of rotatable bonds is 3. The summed E-state index contributed by atoms with van der Waals surface area (Å²) in [7, 11) is 0. The third kappa shape index (κ3) is 2.35. The third-order valence-electron chi connectivity index (χ3n) is 1.64. The molecule has 4 nitrogen and oxygen atoms in total. The number of hydrogen-bond acceptors (Lipinski definition) is 3. The van der Waals surface area contributed by atoms with Crippen LogP contribution in [0.2, 0.25) is 0 Å². The molecule has 0 fully saturated rings. The number of halogens is 3. The number of benzene rings is 1. The molecular weight excluding hydrogens is 276 g/mol. The molecule has 1 aromatic rings. The maximum absolute atomic E-state index is 12.1. The van der Waals surface area contributed by atoms with E-state index in [-0.39, 0.29) is 10.0 Å². The molecule has 0 saturated carbocycles. The first-order chi connectivity index (χ1) is 6.95. The quantitative estimate of drug-likeness (QED) is 0.486. The van der Waals surface area contributed by atoms with Gasteiger partial charge in [0, 0.05) is 11.6 Å². The van der Waals surface area contributed by atoms with Gasteiger partial charge >= 0.3 is 6.43 Å². The van der Waals surface area contributed by atoms with Gasteiger partial charge in [0.05, 0.1) is 4.92 Å². The summed E-state index contributed by atoms with van der Waals surface area (Å²) in [5, 5.41) is 10.4. The van der Waals surface area contributed by atoms with Crippen LogP contribution in [0.3, 0.4) is 0 Å². The molecule has 0 atom stereocenters. The Kier molecular flexibility index (Phi) is 3.46. The Morgan fingerprint density at radius 2 is 2.07 bits per heavy atom. The second-order valence-electron chi connectivity index (χ2n) is 2.56. The number of hydrogen-bond donors (Lipinski definition) is 0. The zero-order valence-electron chi connectivity index (χ0n) is 7.12. The van der Waals surface area contributed by atoms with Crippen LogP contribution >= 0.6 is 15.9 Å². The van der Waals surface area contributed by atoms with Crippen LogP contribution in [0.5, 0.6) is 0 Å². The molecule has 1 rings (SSSR count). The fourth-order valence-electron chi connectivity index (χ4n) is 0.969. The van der Waals surface area contributed by atoms with E-state index in [0.717, 1.165) is 12.1 Å². The maximum Gasteiger partial charge on any atom is 0.300 e. The van der Waals surface area contributed by atoms with Crippen LogP contribution in [0.15, 0.2) is 22.7 Å². The number of Topliss-reactive ketones (excluding diaryl/α,β-unsaturated/α-hetero) is 1. The number of nitro groups is 1. The maximum atomic E-state index is 12.1. The molecule has 0 bridgehead atoms. The molecular formula is C8H4BrF2NO3. The van der Waals surface area contributed by atoms with Crippen molar-refractivity contribution >= 4 is 27.4 Å². The van der Waals surface area contributed by atoms with Crippen molar-refractivity contribution in [1.29, 1.82) is 0 Å². The van der Waals surface area contributed by atoms with E-state index in [1.165, 1.54) is 6.07 Å². The van der Waals surface area contributed by atoms with Gasteiger partial charge in [0.25, 0.3) is 5.69 Å². The van der Waals surface area contributed by atoms with Crippen molar-refractivity contribution in [2.75, 3.05) is 0 Å². The molecule has 0 unspecified atom stereocenters. The van der Waals surface area contributed by atoms with E-state index in [1.807, 2.05) is 0 Å². The minimum atomic E-state index is -3.18. The van der Waals surface area contributed by atoms with Gasteiger partial charge in [0.15, 0.2) is 0 Å². The zero-order valence-corrected chi connectivity index (χ0v) is 8.70. The Morgan fingerprint density at radius 1 is 1.47 bits per heavy atom. The van der Waals surface area contributed by atoms with E-state index >= 15 is 0 Å². The second-order valence-corrected chi connectivity index (χ2v) is 3.35. The summed E-state index contributed by atoms with van der Waals surface area (Å²) in [5.74, 6) is -1.44. The summed E-state index contributed by atoms with van der Waals surface area (Å²) in [6, 6.07) is 3.40. The first-order valence-corrected chi connectivity index (χ1v) is 4.49. The molecule has 0 aliphatic heterocycles. The zero-order chi connectivity index (χ0) is 11.6. The Morgan fingerprint density at radius 3 is 2.53 bits per heavy atom. The first kappa shape index (κ1) is 11.7. The molecule has 7 heteroatoms. The molecule has 80 valence electrons. The Hall–Kier alpha value is -1.37. The van der Waals surface area contributed by atoms with E-state index < -0.39 is 22.8 Å². The molecule has 0 amide bonds. The lowest BCUT2D eigenvalue weighted by atomic mass is 10.1. The standard InChI is InChI=1S/C8H4BrF2NO3/c9-6-4(7(13)8(10)11)2-1-3-5(6)12(14)15/h1-3,8H. The summed E-state index contributed by atoms with van der Waals surface area (Å²) in [6.45, 7) is 0. The molecule has 0 heterocycles. The van der Waals surface area contributed by atoms with Gasteiger partial charge in [-0.3, -0.25) is 14.9 Å². The van der Waals surface area contributed by atoms with Crippen molar-refractivity contribution < 1.29 is 18.5 Å². The average Bonchev–Trinajstić information content (AvgIpc) is 2.16. The average molecular weight is 280 g/mol. The van der Waals surface area contributed by atoms with Crippen LogP contribution in [0, 0.1) is 10.1 Å². The van der Waals surface area contributed by atoms with Gasteiger partial charge in [-0.05, 0) is 22.0 Å². The summed E-state index contributed by atoms with van der Waals surface area (Å²) < 4.78 is 24.0. The lowest BCUT2D eigenvalue weighted by Crippen LogP contribution is -2.11. The van der Waals surface area contributed by atoms with Crippen molar-refractivity contribution in [1.82, 2.24) is 0 Å².